The van der Waals surface area contributed by atoms with Gasteiger partial charge in [0.2, 0.25) is 0 Å². The summed E-state index contributed by atoms with van der Waals surface area (Å²) in [6.07, 6.45) is -0.704. The predicted molar refractivity (Wildman–Crippen MR) is 81.4 cm³/mol. The Morgan fingerprint density at radius 3 is 2.38 bits per heavy atom. The van der Waals surface area contributed by atoms with Crippen molar-refractivity contribution >= 4 is 21.9 Å². The molecule has 114 valence electrons. The standard InChI is InChI=1S/C15H18BrNO4/c1-4-19-13-6-11(7-15(18)21-10(3)9-17)12(16)8-14(13)20-5-2/h6,8,10H,4-5,7H2,1-3H3. The van der Waals surface area contributed by atoms with Gasteiger partial charge in [0.1, 0.15) is 6.07 Å². The Hall–Kier alpha value is -1.74. The number of halogens is 1. The molecule has 0 spiro atoms. The number of rotatable bonds is 7. The normalized spacial score (nSPS) is 11.4. The molecule has 0 saturated carbocycles. The average Bonchev–Trinajstić information content (AvgIpc) is 2.44. The van der Waals surface area contributed by atoms with Crippen LogP contribution in [0.5, 0.6) is 11.5 Å². The summed E-state index contributed by atoms with van der Waals surface area (Å²) in [5, 5.41) is 8.64. The minimum atomic E-state index is -0.759. The molecule has 0 amide bonds. The Kier molecular flexibility index (Phi) is 7.03. The fourth-order valence-corrected chi connectivity index (χ4v) is 2.13. The molecule has 0 aliphatic rings. The van der Waals surface area contributed by atoms with Crippen molar-refractivity contribution in [3.63, 3.8) is 0 Å². The van der Waals surface area contributed by atoms with Gasteiger partial charge < -0.3 is 14.2 Å². The molecule has 6 heteroatoms. The van der Waals surface area contributed by atoms with Gasteiger partial charge in [-0.1, -0.05) is 15.9 Å². The van der Waals surface area contributed by atoms with Crippen molar-refractivity contribution in [1.82, 2.24) is 0 Å². The number of ether oxygens (including phenoxy) is 3. The lowest BCUT2D eigenvalue weighted by atomic mass is 10.1. The van der Waals surface area contributed by atoms with Crippen LogP contribution in [0.1, 0.15) is 26.3 Å². The van der Waals surface area contributed by atoms with Gasteiger partial charge in [0.05, 0.1) is 19.6 Å². The molecule has 0 aromatic heterocycles. The maximum Gasteiger partial charge on any atom is 0.311 e. The molecule has 1 aromatic carbocycles. The second-order valence-electron chi connectivity index (χ2n) is 4.19. The fraction of sp³-hybridized carbons (Fsp3) is 0.467. The first-order valence-corrected chi connectivity index (χ1v) is 7.48. The van der Waals surface area contributed by atoms with E-state index in [1.54, 1.807) is 12.1 Å². The Bertz CT molecular complexity index is 539. The summed E-state index contributed by atoms with van der Waals surface area (Å²) in [4.78, 5) is 11.7. The second kappa shape index (κ2) is 8.53. The Morgan fingerprint density at radius 1 is 1.29 bits per heavy atom. The van der Waals surface area contributed by atoms with E-state index < -0.39 is 12.1 Å². The van der Waals surface area contributed by atoms with E-state index in [1.807, 2.05) is 19.9 Å². The van der Waals surface area contributed by atoms with Crippen LogP contribution < -0.4 is 9.47 Å². The van der Waals surface area contributed by atoms with Crippen molar-refractivity contribution in [2.75, 3.05) is 13.2 Å². The zero-order valence-electron chi connectivity index (χ0n) is 12.3. The van der Waals surface area contributed by atoms with Gasteiger partial charge in [0.15, 0.2) is 17.6 Å². The summed E-state index contributed by atoms with van der Waals surface area (Å²) >= 11 is 3.41. The van der Waals surface area contributed by atoms with Crippen LogP contribution in [0.2, 0.25) is 0 Å². The molecule has 5 nitrogen and oxygen atoms in total. The molecule has 0 bridgehead atoms. The second-order valence-corrected chi connectivity index (χ2v) is 5.05. The van der Waals surface area contributed by atoms with Crippen molar-refractivity contribution in [1.29, 1.82) is 5.26 Å². The largest absolute Gasteiger partial charge is 0.490 e. The summed E-state index contributed by atoms with van der Waals surface area (Å²) in [5.41, 5.74) is 0.719. The van der Waals surface area contributed by atoms with Crippen molar-refractivity contribution < 1.29 is 19.0 Å². The first-order valence-electron chi connectivity index (χ1n) is 6.68. The minimum Gasteiger partial charge on any atom is -0.490 e. The fourth-order valence-electron chi connectivity index (χ4n) is 1.67. The Balaban J connectivity index is 2.94. The lowest BCUT2D eigenvalue weighted by Crippen LogP contribution is -2.15. The number of benzene rings is 1. The highest BCUT2D eigenvalue weighted by Crippen LogP contribution is 2.34. The molecule has 0 saturated heterocycles. The molecule has 1 unspecified atom stereocenters. The van der Waals surface area contributed by atoms with Gasteiger partial charge in [-0.3, -0.25) is 4.79 Å². The monoisotopic (exact) mass is 355 g/mol. The molecule has 0 aliphatic heterocycles. The maximum absolute atomic E-state index is 11.7. The van der Waals surface area contributed by atoms with E-state index in [-0.39, 0.29) is 6.42 Å². The first kappa shape index (κ1) is 17.3. The van der Waals surface area contributed by atoms with E-state index in [1.165, 1.54) is 6.92 Å². The van der Waals surface area contributed by atoms with Gasteiger partial charge in [-0.05, 0) is 38.5 Å². The van der Waals surface area contributed by atoms with Crippen molar-refractivity contribution in [3.05, 3.63) is 22.2 Å². The van der Waals surface area contributed by atoms with Gasteiger partial charge in [0, 0.05) is 4.47 Å². The molecule has 1 rings (SSSR count). The van der Waals surface area contributed by atoms with E-state index in [4.69, 9.17) is 19.5 Å². The summed E-state index contributed by atoms with van der Waals surface area (Å²) in [5.74, 6) is 0.740. The summed E-state index contributed by atoms with van der Waals surface area (Å²) in [6, 6.07) is 5.37. The third-order valence-corrected chi connectivity index (χ3v) is 3.28. The van der Waals surface area contributed by atoms with Crippen LogP contribution in [0.3, 0.4) is 0 Å². The Morgan fingerprint density at radius 2 is 1.86 bits per heavy atom. The summed E-state index contributed by atoms with van der Waals surface area (Å²) in [6.45, 7) is 6.31. The number of hydrogen-bond acceptors (Lipinski definition) is 5. The number of carbonyl (C=O) groups excluding carboxylic acids is 1. The highest BCUT2D eigenvalue weighted by Gasteiger charge is 2.15. The predicted octanol–water partition coefficient (Wildman–Crippen LogP) is 3.24. The van der Waals surface area contributed by atoms with Crippen LogP contribution in [0.15, 0.2) is 16.6 Å². The molecular formula is C15H18BrNO4. The third-order valence-electron chi connectivity index (χ3n) is 2.54. The molecule has 0 radical (unpaired) electrons. The van der Waals surface area contributed by atoms with Crippen LogP contribution in [-0.2, 0) is 16.0 Å². The maximum atomic E-state index is 11.7. The molecule has 1 atom stereocenters. The van der Waals surface area contributed by atoms with Crippen LogP contribution in [-0.4, -0.2) is 25.3 Å². The smallest absolute Gasteiger partial charge is 0.311 e. The quantitative estimate of drug-likeness (QED) is 0.702. The highest BCUT2D eigenvalue weighted by atomic mass is 79.9. The van der Waals surface area contributed by atoms with E-state index in [2.05, 4.69) is 15.9 Å². The van der Waals surface area contributed by atoms with Crippen LogP contribution in [0, 0.1) is 11.3 Å². The van der Waals surface area contributed by atoms with Crippen molar-refractivity contribution in [2.45, 2.75) is 33.3 Å². The van der Waals surface area contributed by atoms with E-state index >= 15 is 0 Å². The SMILES string of the molecule is CCOc1cc(Br)c(CC(=O)OC(C)C#N)cc1OCC. The lowest BCUT2D eigenvalue weighted by Gasteiger charge is -2.14. The van der Waals surface area contributed by atoms with Gasteiger partial charge in [-0.25, -0.2) is 0 Å². The molecule has 0 N–H and O–H groups in total. The van der Waals surface area contributed by atoms with Gasteiger partial charge >= 0.3 is 5.97 Å². The molecule has 21 heavy (non-hydrogen) atoms. The molecule has 0 heterocycles. The topological polar surface area (TPSA) is 68.5 Å². The van der Waals surface area contributed by atoms with E-state index in [0.29, 0.717) is 24.7 Å². The zero-order valence-corrected chi connectivity index (χ0v) is 13.9. The average molecular weight is 356 g/mol. The number of hydrogen-bond donors (Lipinski definition) is 0. The number of nitriles is 1. The van der Waals surface area contributed by atoms with Crippen LogP contribution in [0.25, 0.3) is 0 Å². The van der Waals surface area contributed by atoms with Crippen LogP contribution in [0.4, 0.5) is 0 Å². The number of nitrogens with zero attached hydrogens (tertiary/aromatic N) is 1. The number of esters is 1. The Labute approximate surface area is 132 Å². The van der Waals surface area contributed by atoms with E-state index in [0.717, 1.165) is 10.0 Å². The molecule has 0 fully saturated rings. The highest BCUT2D eigenvalue weighted by molar-refractivity contribution is 9.10. The van der Waals surface area contributed by atoms with Gasteiger partial charge in [0.25, 0.3) is 0 Å². The summed E-state index contributed by atoms with van der Waals surface area (Å²) in [7, 11) is 0. The summed E-state index contributed by atoms with van der Waals surface area (Å²) < 4.78 is 16.7. The van der Waals surface area contributed by atoms with E-state index in [9.17, 15) is 4.79 Å². The van der Waals surface area contributed by atoms with Crippen LogP contribution >= 0.6 is 15.9 Å². The molecular weight excluding hydrogens is 338 g/mol. The minimum absolute atomic E-state index is 0.0546. The van der Waals surface area contributed by atoms with Gasteiger partial charge in [-0.2, -0.15) is 5.26 Å². The van der Waals surface area contributed by atoms with Crippen molar-refractivity contribution in [2.24, 2.45) is 0 Å². The van der Waals surface area contributed by atoms with Crippen molar-refractivity contribution in [3.8, 4) is 17.6 Å². The van der Waals surface area contributed by atoms with Gasteiger partial charge in [-0.15, -0.1) is 0 Å². The molecule has 1 aromatic rings. The zero-order chi connectivity index (χ0) is 15.8. The number of carbonyl (C=O) groups is 1. The third kappa shape index (κ3) is 5.27. The lowest BCUT2D eigenvalue weighted by molar-refractivity contribution is -0.145. The molecule has 0 aliphatic carbocycles. The first-order chi connectivity index (χ1) is 10.0.